The molecule has 6 nitrogen and oxygen atoms in total. The maximum atomic E-state index is 13.1. The molecular weight excluding hydrogens is 318 g/mol. The van der Waals surface area contributed by atoms with Crippen LogP contribution in [0.3, 0.4) is 0 Å². The second-order valence-corrected chi connectivity index (χ2v) is 5.90. The van der Waals surface area contributed by atoms with E-state index in [1.54, 1.807) is 44.4 Å². The molecule has 25 heavy (non-hydrogen) atoms. The Kier molecular flexibility index (Phi) is 4.27. The van der Waals surface area contributed by atoms with Gasteiger partial charge in [-0.25, -0.2) is 4.98 Å². The molecule has 0 aliphatic rings. The zero-order valence-corrected chi connectivity index (χ0v) is 14.3. The summed E-state index contributed by atoms with van der Waals surface area (Å²) in [7, 11) is 1.57. The fourth-order valence-corrected chi connectivity index (χ4v) is 2.77. The maximum absolute atomic E-state index is 13.1. The van der Waals surface area contributed by atoms with E-state index in [0.717, 1.165) is 5.56 Å². The van der Waals surface area contributed by atoms with Crippen LogP contribution in [0, 0.1) is 6.92 Å². The SMILES string of the molecule is COc1ccc(-n2c(C(C)C(N)=O)nc3c(C)cccc3c2=O)cc1. The molecule has 0 saturated carbocycles. The van der Waals surface area contributed by atoms with Gasteiger partial charge in [-0.15, -0.1) is 0 Å². The van der Waals surface area contributed by atoms with Crippen molar-refractivity contribution in [2.75, 3.05) is 7.11 Å². The first kappa shape index (κ1) is 16.7. The molecule has 6 heteroatoms. The minimum atomic E-state index is -0.709. The number of amides is 1. The van der Waals surface area contributed by atoms with Crippen LogP contribution in [0.15, 0.2) is 47.3 Å². The van der Waals surface area contributed by atoms with E-state index in [-0.39, 0.29) is 5.56 Å². The average molecular weight is 337 g/mol. The molecule has 2 aromatic carbocycles. The normalized spacial score (nSPS) is 12.1. The van der Waals surface area contributed by atoms with Crippen molar-refractivity contribution in [3.8, 4) is 11.4 Å². The van der Waals surface area contributed by atoms with Crippen LogP contribution in [0.5, 0.6) is 5.75 Å². The topological polar surface area (TPSA) is 87.2 Å². The quantitative estimate of drug-likeness (QED) is 0.791. The molecule has 0 radical (unpaired) electrons. The number of benzene rings is 2. The Bertz CT molecular complexity index is 1010. The molecule has 3 aromatic rings. The molecule has 0 spiro atoms. The van der Waals surface area contributed by atoms with Gasteiger partial charge < -0.3 is 10.5 Å². The van der Waals surface area contributed by atoms with E-state index >= 15 is 0 Å². The zero-order valence-electron chi connectivity index (χ0n) is 14.3. The summed E-state index contributed by atoms with van der Waals surface area (Å²) in [6, 6.07) is 12.4. The van der Waals surface area contributed by atoms with E-state index in [1.165, 1.54) is 4.57 Å². The summed E-state index contributed by atoms with van der Waals surface area (Å²) in [5, 5.41) is 0.497. The summed E-state index contributed by atoms with van der Waals surface area (Å²) >= 11 is 0. The number of nitrogens with zero attached hydrogens (tertiary/aromatic N) is 2. The minimum Gasteiger partial charge on any atom is -0.497 e. The molecule has 0 saturated heterocycles. The molecule has 1 amide bonds. The van der Waals surface area contributed by atoms with Crippen LogP contribution < -0.4 is 16.0 Å². The third kappa shape index (κ3) is 2.87. The Morgan fingerprint density at radius 2 is 1.88 bits per heavy atom. The van der Waals surface area contributed by atoms with Crippen molar-refractivity contribution in [2.24, 2.45) is 5.73 Å². The average Bonchev–Trinajstić information content (AvgIpc) is 2.62. The monoisotopic (exact) mass is 337 g/mol. The smallest absolute Gasteiger partial charge is 0.265 e. The van der Waals surface area contributed by atoms with Gasteiger partial charge in [-0.2, -0.15) is 0 Å². The Hall–Kier alpha value is -3.15. The molecule has 0 fully saturated rings. The lowest BCUT2D eigenvalue weighted by atomic mass is 10.1. The molecule has 3 rings (SSSR count). The van der Waals surface area contributed by atoms with Crippen molar-refractivity contribution in [3.05, 3.63) is 64.2 Å². The van der Waals surface area contributed by atoms with Gasteiger partial charge in [-0.3, -0.25) is 14.2 Å². The number of ether oxygens (including phenoxy) is 1. The Morgan fingerprint density at radius 3 is 2.48 bits per heavy atom. The first-order chi connectivity index (χ1) is 11.9. The second kappa shape index (κ2) is 6.39. The molecule has 0 bridgehead atoms. The van der Waals surface area contributed by atoms with Gasteiger partial charge in [0.05, 0.1) is 29.6 Å². The molecule has 0 aliphatic heterocycles. The zero-order chi connectivity index (χ0) is 18.1. The van der Waals surface area contributed by atoms with Crippen molar-refractivity contribution in [2.45, 2.75) is 19.8 Å². The number of carbonyl (C=O) groups is 1. The van der Waals surface area contributed by atoms with Crippen molar-refractivity contribution in [3.63, 3.8) is 0 Å². The Labute approximate surface area is 144 Å². The van der Waals surface area contributed by atoms with E-state index in [2.05, 4.69) is 4.98 Å². The fourth-order valence-electron chi connectivity index (χ4n) is 2.77. The summed E-state index contributed by atoms with van der Waals surface area (Å²) < 4.78 is 6.60. The molecule has 128 valence electrons. The fraction of sp³-hybridized carbons (Fsp3) is 0.211. The van der Waals surface area contributed by atoms with Gasteiger partial charge >= 0.3 is 0 Å². The standard InChI is InChI=1S/C19H19N3O3/c1-11-5-4-6-15-16(11)21-18(12(2)17(20)23)22(19(15)24)13-7-9-14(25-3)10-8-13/h4-10,12H,1-3H3,(H2,20,23). The predicted octanol–water partition coefficient (Wildman–Crippen LogP) is 2.29. The van der Waals surface area contributed by atoms with Crippen molar-refractivity contribution < 1.29 is 9.53 Å². The minimum absolute atomic E-state index is 0.234. The number of rotatable bonds is 4. The third-order valence-electron chi connectivity index (χ3n) is 4.27. The number of methoxy groups -OCH3 is 1. The van der Waals surface area contributed by atoms with Crippen LogP contribution >= 0.6 is 0 Å². The van der Waals surface area contributed by atoms with Gasteiger partial charge in [-0.1, -0.05) is 12.1 Å². The summed E-state index contributed by atoms with van der Waals surface area (Å²) in [5.41, 5.74) is 7.30. The number of hydrogen-bond donors (Lipinski definition) is 1. The summed E-state index contributed by atoms with van der Waals surface area (Å²) in [6.07, 6.45) is 0. The lowest BCUT2D eigenvalue weighted by Crippen LogP contribution is -2.30. The molecule has 1 heterocycles. The molecule has 2 N–H and O–H groups in total. The number of nitrogens with two attached hydrogens (primary N) is 1. The number of aryl methyl sites for hydroxylation is 1. The van der Waals surface area contributed by atoms with Crippen molar-refractivity contribution >= 4 is 16.8 Å². The lowest BCUT2D eigenvalue weighted by molar-refractivity contribution is -0.119. The largest absolute Gasteiger partial charge is 0.497 e. The van der Waals surface area contributed by atoms with Gasteiger partial charge in [0.2, 0.25) is 5.91 Å². The van der Waals surface area contributed by atoms with Gasteiger partial charge in [-0.05, 0) is 49.7 Å². The summed E-state index contributed by atoms with van der Waals surface area (Å²) in [6.45, 7) is 3.53. The van der Waals surface area contributed by atoms with E-state index in [1.807, 2.05) is 19.1 Å². The number of fused-ring (bicyclic) bond motifs is 1. The number of para-hydroxylation sites is 1. The highest BCUT2D eigenvalue weighted by molar-refractivity contribution is 5.84. The van der Waals surface area contributed by atoms with Gasteiger partial charge in [0, 0.05) is 0 Å². The summed E-state index contributed by atoms with van der Waals surface area (Å²) in [5.74, 6) is -0.253. The van der Waals surface area contributed by atoms with E-state index in [4.69, 9.17) is 10.5 Å². The summed E-state index contributed by atoms with van der Waals surface area (Å²) in [4.78, 5) is 29.5. The van der Waals surface area contributed by atoms with Crippen molar-refractivity contribution in [1.29, 1.82) is 0 Å². The Morgan fingerprint density at radius 1 is 1.20 bits per heavy atom. The highest BCUT2D eigenvalue weighted by Gasteiger charge is 2.22. The van der Waals surface area contributed by atoms with E-state index < -0.39 is 11.8 Å². The van der Waals surface area contributed by atoms with Crippen LogP contribution in [0.1, 0.15) is 24.2 Å². The number of hydrogen-bond acceptors (Lipinski definition) is 4. The maximum Gasteiger partial charge on any atom is 0.265 e. The first-order valence-electron chi connectivity index (χ1n) is 7.90. The van der Waals surface area contributed by atoms with E-state index in [0.29, 0.717) is 28.2 Å². The second-order valence-electron chi connectivity index (χ2n) is 5.90. The first-order valence-corrected chi connectivity index (χ1v) is 7.90. The van der Waals surface area contributed by atoms with Crippen LogP contribution in [0.25, 0.3) is 16.6 Å². The predicted molar refractivity (Wildman–Crippen MR) is 96.2 cm³/mol. The van der Waals surface area contributed by atoms with Gasteiger partial charge in [0.15, 0.2) is 0 Å². The van der Waals surface area contributed by atoms with Crippen LogP contribution in [0.2, 0.25) is 0 Å². The molecule has 1 atom stereocenters. The van der Waals surface area contributed by atoms with Crippen LogP contribution in [0.4, 0.5) is 0 Å². The van der Waals surface area contributed by atoms with Gasteiger partial charge in [0.1, 0.15) is 11.6 Å². The lowest BCUT2D eigenvalue weighted by Gasteiger charge is -2.17. The van der Waals surface area contributed by atoms with Crippen LogP contribution in [-0.4, -0.2) is 22.6 Å². The Balaban J connectivity index is 2.38. The third-order valence-corrected chi connectivity index (χ3v) is 4.27. The van der Waals surface area contributed by atoms with Gasteiger partial charge in [0.25, 0.3) is 5.56 Å². The molecule has 0 aliphatic carbocycles. The highest BCUT2D eigenvalue weighted by Crippen LogP contribution is 2.22. The number of primary amides is 1. The highest BCUT2D eigenvalue weighted by atomic mass is 16.5. The van der Waals surface area contributed by atoms with Crippen LogP contribution in [-0.2, 0) is 4.79 Å². The number of aromatic nitrogens is 2. The van der Waals surface area contributed by atoms with E-state index in [9.17, 15) is 9.59 Å². The number of carbonyl (C=O) groups excluding carboxylic acids is 1. The van der Waals surface area contributed by atoms with Crippen molar-refractivity contribution in [1.82, 2.24) is 9.55 Å². The molecule has 1 aromatic heterocycles. The molecular formula is C19H19N3O3. The molecule has 1 unspecified atom stereocenters.